The van der Waals surface area contributed by atoms with Crippen LogP contribution in [0.2, 0.25) is 10.0 Å². The average molecular weight is 311 g/mol. The van der Waals surface area contributed by atoms with Gasteiger partial charge in [-0.05, 0) is 31.0 Å². The maximum atomic E-state index is 12.3. The van der Waals surface area contributed by atoms with Crippen LogP contribution in [0, 0.1) is 5.92 Å². The summed E-state index contributed by atoms with van der Waals surface area (Å²) in [6, 6.07) is 4.98. The predicted molar refractivity (Wildman–Crippen MR) is 77.0 cm³/mol. The number of rotatable bonds is 2. The van der Waals surface area contributed by atoms with Gasteiger partial charge in [-0.2, -0.15) is 15.4 Å². The van der Waals surface area contributed by atoms with Crippen molar-refractivity contribution in [2.75, 3.05) is 5.32 Å². The van der Waals surface area contributed by atoms with Gasteiger partial charge in [0.15, 0.2) is 0 Å². The third kappa shape index (κ3) is 2.78. The number of nitrogens with zero attached hydrogens (tertiary/aromatic N) is 2. The van der Waals surface area contributed by atoms with Crippen LogP contribution in [0.25, 0.3) is 0 Å². The number of nitrogens with one attached hydrogen (secondary N) is 2. The summed E-state index contributed by atoms with van der Waals surface area (Å²) in [5.41, 5.74) is 2.44. The number of hydrogen-bond donors (Lipinski definition) is 2. The minimum Gasteiger partial charge on any atom is -0.326 e. The van der Waals surface area contributed by atoms with Gasteiger partial charge < -0.3 is 5.32 Å². The molecule has 1 heterocycles. The van der Waals surface area contributed by atoms with Gasteiger partial charge in [-0.25, -0.2) is 0 Å². The van der Waals surface area contributed by atoms with Gasteiger partial charge in [-0.15, -0.1) is 0 Å². The van der Waals surface area contributed by atoms with Crippen LogP contribution in [0.5, 0.6) is 0 Å². The Morgan fingerprint density at radius 3 is 2.65 bits per heavy atom. The van der Waals surface area contributed by atoms with Crippen molar-refractivity contribution in [1.29, 1.82) is 0 Å². The first-order valence-corrected chi connectivity index (χ1v) is 7.03. The summed E-state index contributed by atoms with van der Waals surface area (Å²) < 4.78 is 0. The summed E-state index contributed by atoms with van der Waals surface area (Å²) in [6.45, 7) is 0. The fraction of sp³-hybridized carbons (Fsp3) is 0.308. The molecule has 1 aromatic heterocycles. The molecule has 1 aromatic carbocycles. The molecule has 0 spiro atoms. The zero-order valence-electron chi connectivity index (χ0n) is 10.5. The Labute approximate surface area is 125 Å². The van der Waals surface area contributed by atoms with E-state index in [0.29, 0.717) is 22.2 Å². The van der Waals surface area contributed by atoms with E-state index in [2.05, 4.69) is 20.7 Å². The molecule has 0 saturated carbocycles. The SMILES string of the molecule is O=C(Nc1cc(Cl)cc(Cl)c1)C1CCc2n[nH]nc2C1. The highest BCUT2D eigenvalue weighted by molar-refractivity contribution is 6.35. The molecule has 3 rings (SSSR count). The molecule has 2 aromatic rings. The van der Waals surface area contributed by atoms with Crippen LogP contribution in [-0.2, 0) is 17.6 Å². The molecule has 20 heavy (non-hydrogen) atoms. The molecule has 1 aliphatic carbocycles. The predicted octanol–water partition coefficient (Wildman–Crippen LogP) is 2.86. The van der Waals surface area contributed by atoms with Crippen LogP contribution in [0.4, 0.5) is 5.69 Å². The van der Waals surface area contributed by atoms with Crippen LogP contribution in [-0.4, -0.2) is 21.3 Å². The molecule has 104 valence electrons. The van der Waals surface area contributed by atoms with Gasteiger partial charge in [0, 0.05) is 28.1 Å². The van der Waals surface area contributed by atoms with E-state index in [-0.39, 0.29) is 11.8 Å². The summed E-state index contributed by atoms with van der Waals surface area (Å²) in [4.78, 5) is 12.3. The zero-order valence-corrected chi connectivity index (χ0v) is 12.0. The Kier molecular flexibility index (Phi) is 3.63. The van der Waals surface area contributed by atoms with E-state index in [1.165, 1.54) is 0 Å². The second-order valence-corrected chi connectivity index (χ2v) is 5.68. The molecule has 1 unspecified atom stereocenters. The van der Waals surface area contributed by atoms with Crippen LogP contribution >= 0.6 is 23.2 Å². The largest absolute Gasteiger partial charge is 0.326 e. The van der Waals surface area contributed by atoms with Crippen molar-refractivity contribution in [2.24, 2.45) is 5.92 Å². The lowest BCUT2D eigenvalue weighted by Gasteiger charge is -2.19. The van der Waals surface area contributed by atoms with E-state index in [1.54, 1.807) is 18.2 Å². The van der Waals surface area contributed by atoms with E-state index in [9.17, 15) is 4.79 Å². The Hall–Kier alpha value is -1.59. The lowest BCUT2D eigenvalue weighted by molar-refractivity contribution is -0.120. The summed E-state index contributed by atoms with van der Waals surface area (Å²) in [5, 5.41) is 14.6. The zero-order chi connectivity index (χ0) is 14.1. The molecule has 0 radical (unpaired) electrons. The molecule has 0 aliphatic heterocycles. The first-order valence-electron chi connectivity index (χ1n) is 6.27. The number of aromatic amines is 1. The molecule has 1 atom stereocenters. The second-order valence-electron chi connectivity index (χ2n) is 4.80. The molecule has 1 aliphatic rings. The van der Waals surface area contributed by atoms with Crippen molar-refractivity contribution >= 4 is 34.8 Å². The first kappa shape index (κ1) is 13.4. The molecule has 5 nitrogen and oxygen atoms in total. The highest BCUT2D eigenvalue weighted by Crippen LogP contribution is 2.26. The van der Waals surface area contributed by atoms with Crippen molar-refractivity contribution in [3.05, 3.63) is 39.6 Å². The number of carbonyl (C=O) groups excluding carboxylic acids is 1. The Bertz CT molecular complexity index is 635. The number of anilines is 1. The summed E-state index contributed by atoms with van der Waals surface area (Å²) in [5.74, 6) is -0.151. The van der Waals surface area contributed by atoms with Gasteiger partial charge in [-0.1, -0.05) is 23.2 Å². The molecule has 0 bridgehead atoms. The third-order valence-electron chi connectivity index (χ3n) is 3.37. The average Bonchev–Trinajstić information content (AvgIpc) is 2.84. The van der Waals surface area contributed by atoms with Crippen molar-refractivity contribution in [1.82, 2.24) is 15.4 Å². The summed E-state index contributed by atoms with van der Waals surface area (Å²) >= 11 is 11.8. The van der Waals surface area contributed by atoms with Crippen LogP contribution in [0.1, 0.15) is 17.8 Å². The quantitative estimate of drug-likeness (QED) is 0.896. The monoisotopic (exact) mass is 310 g/mol. The number of hydrogen-bond acceptors (Lipinski definition) is 3. The minimum absolute atomic E-state index is 0.0445. The molecule has 0 fully saturated rings. The van der Waals surface area contributed by atoms with E-state index in [0.717, 1.165) is 24.2 Å². The third-order valence-corrected chi connectivity index (χ3v) is 3.81. The molecule has 2 N–H and O–H groups in total. The van der Waals surface area contributed by atoms with Gasteiger partial charge in [0.05, 0.1) is 11.4 Å². The Balaban J connectivity index is 1.71. The van der Waals surface area contributed by atoms with Crippen LogP contribution < -0.4 is 5.32 Å². The minimum atomic E-state index is -0.106. The Morgan fingerprint density at radius 2 is 1.90 bits per heavy atom. The van der Waals surface area contributed by atoms with Gasteiger partial charge in [0.2, 0.25) is 5.91 Å². The maximum absolute atomic E-state index is 12.3. The smallest absolute Gasteiger partial charge is 0.227 e. The number of H-pyrrole nitrogens is 1. The number of halogens is 2. The summed E-state index contributed by atoms with van der Waals surface area (Å²) in [6.07, 6.45) is 2.13. The van der Waals surface area contributed by atoms with Gasteiger partial charge in [0.25, 0.3) is 0 Å². The first-order chi connectivity index (χ1) is 9.61. The van der Waals surface area contributed by atoms with Gasteiger partial charge in [-0.3, -0.25) is 4.79 Å². The second kappa shape index (κ2) is 5.42. The van der Waals surface area contributed by atoms with E-state index < -0.39 is 0 Å². The number of fused-ring (bicyclic) bond motifs is 1. The maximum Gasteiger partial charge on any atom is 0.227 e. The number of aryl methyl sites for hydroxylation is 1. The fourth-order valence-electron chi connectivity index (χ4n) is 2.38. The van der Waals surface area contributed by atoms with Crippen LogP contribution in [0.3, 0.4) is 0 Å². The van der Waals surface area contributed by atoms with Crippen molar-refractivity contribution in [3.8, 4) is 0 Å². The van der Waals surface area contributed by atoms with Crippen molar-refractivity contribution in [3.63, 3.8) is 0 Å². The van der Waals surface area contributed by atoms with E-state index in [4.69, 9.17) is 23.2 Å². The molecule has 1 amide bonds. The van der Waals surface area contributed by atoms with Crippen molar-refractivity contribution < 1.29 is 4.79 Å². The van der Waals surface area contributed by atoms with Crippen molar-refractivity contribution in [2.45, 2.75) is 19.3 Å². The molecular formula is C13H12Cl2N4O. The highest BCUT2D eigenvalue weighted by Gasteiger charge is 2.27. The van der Waals surface area contributed by atoms with E-state index in [1.807, 2.05) is 0 Å². The van der Waals surface area contributed by atoms with Crippen LogP contribution in [0.15, 0.2) is 18.2 Å². The topological polar surface area (TPSA) is 70.7 Å². The lowest BCUT2D eigenvalue weighted by Crippen LogP contribution is -2.28. The standard InChI is InChI=1S/C13H12Cl2N4O/c14-8-4-9(15)6-10(5-8)16-13(20)7-1-2-11-12(3-7)18-19-17-11/h4-7H,1-3H2,(H,16,20)(H,17,18,19). The molecular weight excluding hydrogens is 299 g/mol. The highest BCUT2D eigenvalue weighted by atomic mass is 35.5. The number of aromatic nitrogens is 3. The normalized spacial score (nSPS) is 17.6. The molecule has 7 heteroatoms. The summed E-state index contributed by atoms with van der Waals surface area (Å²) in [7, 11) is 0. The van der Waals surface area contributed by atoms with Gasteiger partial charge >= 0.3 is 0 Å². The number of carbonyl (C=O) groups is 1. The van der Waals surface area contributed by atoms with E-state index >= 15 is 0 Å². The lowest BCUT2D eigenvalue weighted by atomic mass is 9.89. The Morgan fingerprint density at radius 1 is 1.20 bits per heavy atom. The van der Waals surface area contributed by atoms with Gasteiger partial charge in [0.1, 0.15) is 0 Å². The number of benzene rings is 1. The molecule has 0 saturated heterocycles. The number of amides is 1. The fourth-order valence-corrected chi connectivity index (χ4v) is 2.90.